The number of primary sulfonamides is 1. The third kappa shape index (κ3) is 5.11. The van der Waals surface area contributed by atoms with Crippen LogP contribution in [0.15, 0.2) is 23.1 Å². The molecule has 1 unspecified atom stereocenters. The second kappa shape index (κ2) is 7.53. The van der Waals surface area contributed by atoms with Crippen LogP contribution in [-0.4, -0.2) is 27.6 Å². The van der Waals surface area contributed by atoms with Crippen LogP contribution in [0.1, 0.15) is 42.6 Å². The SMILES string of the molecule is CCCC(C)OC(=O)c1ccc(COC)c(S(N)(=O)=O)c1. The monoisotopic (exact) mass is 315 g/mol. The summed E-state index contributed by atoms with van der Waals surface area (Å²) in [5.74, 6) is -0.565. The predicted molar refractivity (Wildman–Crippen MR) is 78.3 cm³/mol. The molecule has 0 spiro atoms. The van der Waals surface area contributed by atoms with Gasteiger partial charge in [-0.2, -0.15) is 0 Å². The lowest BCUT2D eigenvalue weighted by Crippen LogP contribution is -2.18. The van der Waals surface area contributed by atoms with Crippen molar-refractivity contribution in [2.75, 3.05) is 7.11 Å². The number of carbonyl (C=O) groups is 1. The zero-order chi connectivity index (χ0) is 16.0. The van der Waals surface area contributed by atoms with Crippen LogP contribution in [0.5, 0.6) is 0 Å². The maximum atomic E-state index is 12.0. The fourth-order valence-electron chi connectivity index (χ4n) is 1.94. The van der Waals surface area contributed by atoms with Crippen molar-refractivity contribution < 1.29 is 22.7 Å². The summed E-state index contributed by atoms with van der Waals surface area (Å²) in [6.07, 6.45) is 1.42. The highest BCUT2D eigenvalue weighted by Gasteiger charge is 2.19. The molecular weight excluding hydrogens is 294 g/mol. The number of benzene rings is 1. The van der Waals surface area contributed by atoms with Gasteiger partial charge < -0.3 is 9.47 Å². The van der Waals surface area contributed by atoms with Crippen molar-refractivity contribution >= 4 is 16.0 Å². The lowest BCUT2D eigenvalue weighted by molar-refractivity contribution is 0.0323. The number of sulfonamides is 1. The molecule has 1 rings (SSSR count). The molecule has 1 aromatic carbocycles. The van der Waals surface area contributed by atoms with E-state index in [0.717, 1.165) is 12.8 Å². The number of nitrogens with two attached hydrogens (primary N) is 1. The van der Waals surface area contributed by atoms with E-state index < -0.39 is 16.0 Å². The van der Waals surface area contributed by atoms with E-state index in [0.29, 0.717) is 5.56 Å². The van der Waals surface area contributed by atoms with E-state index >= 15 is 0 Å². The Morgan fingerprint density at radius 1 is 1.38 bits per heavy atom. The molecule has 2 N–H and O–H groups in total. The molecule has 0 aromatic heterocycles. The van der Waals surface area contributed by atoms with Crippen LogP contribution in [0.3, 0.4) is 0 Å². The van der Waals surface area contributed by atoms with Gasteiger partial charge in [0, 0.05) is 7.11 Å². The van der Waals surface area contributed by atoms with Crippen molar-refractivity contribution in [2.24, 2.45) is 5.14 Å². The molecule has 0 radical (unpaired) electrons. The predicted octanol–water partition coefficient (Wildman–Crippen LogP) is 1.83. The molecule has 0 saturated carbocycles. The van der Waals surface area contributed by atoms with Gasteiger partial charge in [-0.1, -0.05) is 19.4 Å². The lowest BCUT2D eigenvalue weighted by atomic mass is 10.1. The maximum Gasteiger partial charge on any atom is 0.338 e. The van der Waals surface area contributed by atoms with E-state index in [4.69, 9.17) is 14.6 Å². The van der Waals surface area contributed by atoms with Gasteiger partial charge in [0.25, 0.3) is 0 Å². The van der Waals surface area contributed by atoms with Gasteiger partial charge in [0.05, 0.1) is 23.2 Å². The number of rotatable bonds is 7. The minimum absolute atomic E-state index is 0.0906. The van der Waals surface area contributed by atoms with E-state index in [9.17, 15) is 13.2 Å². The number of carbonyl (C=O) groups excluding carboxylic acids is 1. The quantitative estimate of drug-likeness (QED) is 0.774. The zero-order valence-electron chi connectivity index (χ0n) is 12.5. The fourth-order valence-corrected chi connectivity index (χ4v) is 2.72. The summed E-state index contributed by atoms with van der Waals surface area (Å²) in [6, 6.07) is 4.24. The molecule has 1 atom stereocenters. The van der Waals surface area contributed by atoms with Gasteiger partial charge in [-0.05, 0) is 31.0 Å². The summed E-state index contributed by atoms with van der Waals surface area (Å²) in [5, 5.41) is 5.17. The lowest BCUT2D eigenvalue weighted by Gasteiger charge is -2.13. The van der Waals surface area contributed by atoms with E-state index in [1.807, 2.05) is 6.92 Å². The summed E-state index contributed by atoms with van der Waals surface area (Å²) in [6.45, 7) is 3.87. The van der Waals surface area contributed by atoms with Crippen LogP contribution >= 0.6 is 0 Å². The minimum Gasteiger partial charge on any atom is -0.459 e. The summed E-state index contributed by atoms with van der Waals surface area (Å²) in [4.78, 5) is 11.9. The smallest absolute Gasteiger partial charge is 0.338 e. The van der Waals surface area contributed by atoms with Crippen LogP contribution in [0.4, 0.5) is 0 Å². The van der Waals surface area contributed by atoms with Crippen molar-refractivity contribution in [2.45, 2.75) is 44.3 Å². The van der Waals surface area contributed by atoms with Crippen molar-refractivity contribution in [3.63, 3.8) is 0 Å². The highest BCUT2D eigenvalue weighted by molar-refractivity contribution is 7.89. The summed E-state index contributed by atoms with van der Waals surface area (Å²) >= 11 is 0. The minimum atomic E-state index is -3.94. The summed E-state index contributed by atoms with van der Waals surface area (Å²) in [5.41, 5.74) is 0.556. The largest absolute Gasteiger partial charge is 0.459 e. The van der Waals surface area contributed by atoms with Gasteiger partial charge in [-0.15, -0.1) is 0 Å². The molecule has 0 aliphatic heterocycles. The Labute approximate surface area is 125 Å². The van der Waals surface area contributed by atoms with Crippen LogP contribution < -0.4 is 5.14 Å². The molecule has 0 aliphatic rings. The summed E-state index contributed by atoms with van der Waals surface area (Å²) < 4.78 is 33.4. The summed E-state index contributed by atoms with van der Waals surface area (Å²) in [7, 11) is -2.49. The van der Waals surface area contributed by atoms with E-state index in [-0.39, 0.29) is 23.2 Å². The van der Waals surface area contributed by atoms with Gasteiger partial charge in [-0.25, -0.2) is 18.4 Å². The van der Waals surface area contributed by atoms with Crippen molar-refractivity contribution in [3.8, 4) is 0 Å². The topological polar surface area (TPSA) is 95.7 Å². The van der Waals surface area contributed by atoms with Crippen LogP contribution in [0.25, 0.3) is 0 Å². The average Bonchev–Trinajstić information content (AvgIpc) is 2.38. The number of hydrogen-bond donors (Lipinski definition) is 1. The van der Waals surface area contributed by atoms with E-state index in [1.165, 1.54) is 25.3 Å². The molecule has 118 valence electrons. The average molecular weight is 315 g/mol. The fraction of sp³-hybridized carbons (Fsp3) is 0.500. The van der Waals surface area contributed by atoms with Gasteiger partial charge >= 0.3 is 5.97 Å². The number of methoxy groups -OCH3 is 1. The molecule has 6 nitrogen and oxygen atoms in total. The molecule has 21 heavy (non-hydrogen) atoms. The van der Waals surface area contributed by atoms with Crippen molar-refractivity contribution in [1.29, 1.82) is 0 Å². The van der Waals surface area contributed by atoms with Crippen LogP contribution in [0, 0.1) is 0 Å². The second-order valence-corrected chi connectivity index (χ2v) is 6.33. The second-order valence-electron chi connectivity index (χ2n) is 4.81. The van der Waals surface area contributed by atoms with E-state index in [2.05, 4.69) is 0 Å². The highest BCUT2D eigenvalue weighted by Crippen LogP contribution is 2.19. The van der Waals surface area contributed by atoms with Gasteiger partial charge in [-0.3, -0.25) is 0 Å². The van der Waals surface area contributed by atoms with Crippen LogP contribution in [-0.2, 0) is 26.1 Å². The van der Waals surface area contributed by atoms with Gasteiger partial charge in [0.2, 0.25) is 10.0 Å². The molecule has 1 aromatic rings. The molecule has 0 heterocycles. The Balaban J connectivity index is 3.08. The Bertz CT molecular complexity index is 597. The molecule has 7 heteroatoms. The number of esters is 1. The Kier molecular flexibility index (Phi) is 6.32. The van der Waals surface area contributed by atoms with Crippen molar-refractivity contribution in [3.05, 3.63) is 29.3 Å². The number of hydrogen-bond acceptors (Lipinski definition) is 5. The molecule has 0 aliphatic carbocycles. The van der Waals surface area contributed by atoms with Gasteiger partial charge in [0.15, 0.2) is 0 Å². The third-order valence-electron chi connectivity index (χ3n) is 2.91. The number of ether oxygens (including phenoxy) is 2. The first-order valence-electron chi connectivity index (χ1n) is 6.65. The molecule has 0 saturated heterocycles. The Morgan fingerprint density at radius 3 is 2.57 bits per heavy atom. The molecular formula is C14H21NO5S. The first-order valence-corrected chi connectivity index (χ1v) is 8.19. The zero-order valence-corrected chi connectivity index (χ0v) is 13.3. The normalized spacial score (nSPS) is 13.0. The van der Waals surface area contributed by atoms with E-state index in [1.54, 1.807) is 6.92 Å². The first-order chi connectivity index (χ1) is 9.79. The Morgan fingerprint density at radius 2 is 2.05 bits per heavy atom. The maximum absolute atomic E-state index is 12.0. The van der Waals surface area contributed by atoms with Crippen LogP contribution in [0.2, 0.25) is 0 Å². The standard InChI is InChI=1S/C14H21NO5S/c1-4-5-10(2)20-14(16)11-6-7-12(9-19-3)13(8-11)21(15,17)18/h6-8,10H,4-5,9H2,1-3H3,(H2,15,17,18). The van der Waals surface area contributed by atoms with Gasteiger partial charge in [0.1, 0.15) is 0 Å². The molecule has 0 fully saturated rings. The molecule has 0 amide bonds. The van der Waals surface area contributed by atoms with Crippen molar-refractivity contribution in [1.82, 2.24) is 0 Å². The highest BCUT2D eigenvalue weighted by atomic mass is 32.2. The third-order valence-corrected chi connectivity index (χ3v) is 3.91. The Hall–Kier alpha value is -1.44. The first kappa shape index (κ1) is 17.6. The molecule has 0 bridgehead atoms.